The number of hydrogen-bond acceptors (Lipinski definition) is 4. The largest absolute Gasteiger partial charge is 0.352 e. The first-order chi connectivity index (χ1) is 10.1. The lowest BCUT2D eigenvalue weighted by atomic mass is 10.1. The van der Waals surface area contributed by atoms with Crippen LogP contribution in [0.4, 0.5) is 11.6 Å². The molecule has 0 bridgehead atoms. The van der Waals surface area contributed by atoms with E-state index in [9.17, 15) is 4.79 Å². The van der Waals surface area contributed by atoms with Gasteiger partial charge in [-0.3, -0.25) is 4.79 Å². The molecule has 5 heteroatoms. The van der Waals surface area contributed by atoms with Crippen LogP contribution in [0.15, 0.2) is 42.7 Å². The van der Waals surface area contributed by atoms with Gasteiger partial charge in [-0.25, -0.2) is 9.97 Å². The highest BCUT2D eigenvalue weighted by Crippen LogP contribution is 2.11. The van der Waals surface area contributed by atoms with Gasteiger partial charge in [0.05, 0.1) is 5.56 Å². The monoisotopic (exact) mass is 284 g/mol. The molecule has 0 aliphatic carbocycles. The van der Waals surface area contributed by atoms with Crippen molar-refractivity contribution in [3.63, 3.8) is 0 Å². The summed E-state index contributed by atoms with van der Waals surface area (Å²) in [5.74, 6) is 0.904. The van der Waals surface area contributed by atoms with Crippen LogP contribution >= 0.6 is 0 Å². The van der Waals surface area contributed by atoms with Crippen LogP contribution in [0.3, 0.4) is 0 Å². The quantitative estimate of drug-likeness (QED) is 0.855. The summed E-state index contributed by atoms with van der Waals surface area (Å²) >= 11 is 0. The number of rotatable bonds is 6. The van der Waals surface area contributed by atoms with Crippen molar-refractivity contribution in [3.05, 3.63) is 48.3 Å². The molecule has 110 valence electrons. The van der Waals surface area contributed by atoms with E-state index in [0.29, 0.717) is 24.0 Å². The Kier molecular flexibility index (Phi) is 5.26. The molecule has 0 radical (unpaired) electrons. The van der Waals surface area contributed by atoms with Gasteiger partial charge in [-0.1, -0.05) is 32.0 Å². The first-order valence-corrected chi connectivity index (χ1v) is 7.07. The number of nitrogens with one attached hydrogen (secondary N) is 2. The third kappa shape index (κ3) is 4.87. The zero-order chi connectivity index (χ0) is 15.1. The summed E-state index contributed by atoms with van der Waals surface area (Å²) < 4.78 is 0. The fraction of sp³-hybridized carbons (Fsp3) is 0.312. The van der Waals surface area contributed by atoms with Crippen molar-refractivity contribution < 1.29 is 4.79 Å². The van der Waals surface area contributed by atoms with Crippen molar-refractivity contribution in [1.82, 2.24) is 15.3 Å². The Balaban J connectivity index is 1.91. The molecule has 0 spiro atoms. The van der Waals surface area contributed by atoms with Crippen LogP contribution in [-0.2, 0) is 0 Å². The summed E-state index contributed by atoms with van der Waals surface area (Å²) in [5.41, 5.74) is 1.38. The zero-order valence-electron chi connectivity index (χ0n) is 12.3. The van der Waals surface area contributed by atoms with Crippen LogP contribution in [0.25, 0.3) is 0 Å². The van der Waals surface area contributed by atoms with Gasteiger partial charge in [0.1, 0.15) is 0 Å². The van der Waals surface area contributed by atoms with Crippen molar-refractivity contribution >= 4 is 17.5 Å². The topological polar surface area (TPSA) is 66.9 Å². The van der Waals surface area contributed by atoms with Gasteiger partial charge in [0, 0.05) is 24.6 Å². The fourth-order valence-corrected chi connectivity index (χ4v) is 1.74. The van der Waals surface area contributed by atoms with Gasteiger partial charge >= 0.3 is 0 Å². The molecule has 1 amide bonds. The lowest BCUT2D eigenvalue weighted by molar-refractivity contribution is 0.0951. The Morgan fingerprint density at radius 3 is 2.43 bits per heavy atom. The molecular weight excluding hydrogens is 264 g/mol. The van der Waals surface area contributed by atoms with Crippen molar-refractivity contribution in [2.45, 2.75) is 20.3 Å². The number of nitrogens with zero attached hydrogens (tertiary/aromatic N) is 2. The van der Waals surface area contributed by atoms with E-state index < -0.39 is 0 Å². The minimum Gasteiger partial charge on any atom is -0.352 e. The maximum absolute atomic E-state index is 11.9. The predicted molar refractivity (Wildman–Crippen MR) is 83.5 cm³/mol. The molecule has 0 aliphatic rings. The van der Waals surface area contributed by atoms with Crippen molar-refractivity contribution in [3.8, 4) is 0 Å². The van der Waals surface area contributed by atoms with Crippen molar-refractivity contribution in [2.75, 3.05) is 11.9 Å². The van der Waals surface area contributed by atoms with E-state index in [1.54, 1.807) is 0 Å². The number of amides is 1. The summed E-state index contributed by atoms with van der Waals surface area (Å²) in [4.78, 5) is 20.2. The van der Waals surface area contributed by atoms with E-state index >= 15 is 0 Å². The van der Waals surface area contributed by atoms with Gasteiger partial charge < -0.3 is 10.6 Å². The van der Waals surface area contributed by atoms with Crippen molar-refractivity contribution in [2.24, 2.45) is 5.92 Å². The molecule has 0 saturated carbocycles. The number of hydrogen-bond donors (Lipinski definition) is 2. The fourth-order valence-electron chi connectivity index (χ4n) is 1.74. The predicted octanol–water partition coefficient (Wildman–Crippen LogP) is 3.00. The zero-order valence-corrected chi connectivity index (χ0v) is 12.3. The number of para-hydroxylation sites is 1. The average Bonchev–Trinajstić information content (AvgIpc) is 2.48. The summed E-state index contributed by atoms with van der Waals surface area (Å²) in [7, 11) is 0. The van der Waals surface area contributed by atoms with E-state index in [-0.39, 0.29) is 5.91 Å². The number of benzene rings is 1. The second-order valence-corrected chi connectivity index (χ2v) is 5.22. The normalized spacial score (nSPS) is 10.4. The van der Waals surface area contributed by atoms with Crippen LogP contribution in [-0.4, -0.2) is 22.4 Å². The van der Waals surface area contributed by atoms with E-state index in [1.807, 2.05) is 30.3 Å². The van der Waals surface area contributed by atoms with Gasteiger partial charge in [0.2, 0.25) is 5.95 Å². The van der Waals surface area contributed by atoms with E-state index in [4.69, 9.17) is 0 Å². The Bertz CT molecular complexity index is 567. The molecule has 0 aliphatic heterocycles. The Labute approximate surface area is 124 Å². The highest BCUT2D eigenvalue weighted by Gasteiger charge is 2.07. The first kappa shape index (κ1) is 15.0. The summed E-state index contributed by atoms with van der Waals surface area (Å²) in [6.07, 6.45) is 4.02. The minimum absolute atomic E-state index is 0.137. The summed E-state index contributed by atoms with van der Waals surface area (Å²) in [6.45, 7) is 4.92. The smallest absolute Gasteiger partial charge is 0.254 e. The molecule has 2 rings (SSSR count). The standard InChI is InChI=1S/C16H20N4O/c1-12(2)8-9-17-15(21)13-10-18-16(19-11-13)20-14-6-4-3-5-7-14/h3-7,10-12H,8-9H2,1-2H3,(H,17,21)(H,18,19,20). The first-order valence-electron chi connectivity index (χ1n) is 7.07. The second-order valence-electron chi connectivity index (χ2n) is 5.22. The maximum atomic E-state index is 11.9. The number of anilines is 2. The summed E-state index contributed by atoms with van der Waals surface area (Å²) in [6, 6.07) is 9.65. The molecule has 2 N–H and O–H groups in total. The molecule has 0 saturated heterocycles. The van der Waals surface area contributed by atoms with Crippen LogP contribution in [0.5, 0.6) is 0 Å². The SMILES string of the molecule is CC(C)CCNC(=O)c1cnc(Nc2ccccc2)nc1. The maximum Gasteiger partial charge on any atom is 0.254 e. The number of carbonyl (C=O) groups is 1. The van der Waals surface area contributed by atoms with E-state index in [1.165, 1.54) is 12.4 Å². The number of aromatic nitrogens is 2. The Morgan fingerprint density at radius 2 is 1.81 bits per heavy atom. The Hall–Kier alpha value is -2.43. The van der Waals surface area contributed by atoms with Gasteiger partial charge in [-0.15, -0.1) is 0 Å². The molecule has 21 heavy (non-hydrogen) atoms. The minimum atomic E-state index is -0.137. The second kappa shape index (κ2) is 7.38. The molecule has 1 aromatic heterocycles. The molecule has 2 aromatic rings. The van der Waals surface area contributed by atoms with Gasteiger partial charge in [-0.2, -0.15) is 0 Å². The highest BCUT2D eigenvalue weighted by molar-refractivity contribution is 5.93. The van der Waals surface area contributed by atoms with Crippen LogP contribution < -0.4 is 10.6 Å². The molecule has 0 unspecified atom stereocenters. The Morgan fingerprint density at radius 1 is 1.14 bits per heavy atom. The van der Waals surface area contributed by atoms with Gasteiger partial charge in [0.25, 0.3) is 5.91 Å². The van der Waals surface area contributed by atoms with Gasteiger partial charge in [0.15, 0.2) is 0 Å². The lowest BCUT2D eigenvalue weighted by Gasteiger charge is -2.07. The third-order valence-corrected chi connectivity index (χ3v) is 2.95. The van der Waals surface area contributed by atoms with Gasteiger partial charge in [-0.05, 0) is 24.5 Å². The average molecular weight is 284 g/mol. The molecule has 1 aromatic carbocycles. The molecule has 0 fully saturated rings. The number of carbonyl (C=O) groups excluding carboxylic acids is 1. The van der Waals surface area contributed by atoms with E-state index in [2.05, 4.69) is 34.4 Å². The van der Waals surface area contributed by atoms with Crippen molar-refractivity contribution in [1.29, 1.82) is 0 Å². The molecule has 0 atom stereocenters. The summed E-state index contributed by atoms with van der Waals surface area (Å²) in [5, 5.41) is 5.93. The lowest BCUT2D eigenvalue weighted by Crippen LogP contribution is -2.25. The van der Waals surface area contributed by atoms with E-state index in [0.717, 1.165) is 12.1 Å². The van der Waals surface area contributed by atoms with Crippen LogP contribution in [0, 0.1) is 5.92 Å². The molecular formula is C16H20N4O. The highest BCUT2D eigenvalue weighted by atomic mass is 16.1. The molecule has 1 heterocycles. The molecule has 5 nitrogen and oxygen atoms in total. The van der Waals surface area contributed by atoms with Crippen LogP contribution in [0.2, 0.25) is 0 Å². The third-order valence-electron chi connectivity index (χ3n) is 2.95. The van der Waals surface area contributed by atoms with Crippen LogP contribution in [0.1, 0.15) is 30.6 Å².